The van der Waals surface area contributed by atoms with E-state index < -0.39 is 5.97 Å². The lowest BCUT2D eigenvalue weighted by molar-refractivity contribution is -0.305. The van der Waals surface area contributed by atoms with Crippen LogP contribution in [0.25, 0.3) is 11.3 Å². The molecule has 0 fully saturated rings. The van der Waals surface area contributed by atoms with Gasteiger partial charge in [0.2, 0.25) is 0 Å². The zero-order valence-electron chi connectivity index (χ0n) is 12.1. The van der Waals surface area contributed by atoms with Crippen LogP contribution in [0.2, 0.25) is 0 Å². The first-order chi connectivity index (χ1) is 10.1. The van der Waals surface area contributed by atoms with Crippen molar-refractivity contribution in [2.45, 2.75) is 39.2 Å². The van der Waals surface area contributed by atoms with Crippen LogP contribution >= 0.6 is 15.9 Å². The highest BCUT2D eigenvalue weighted by atomic mass is 79.9. The highest BCUT2D eigenvalue weighted by Gasteiger charge is 2.09. The standard InChI is InChI=1S/C17H20BrNO2/c1-2-3-12-19-15(9-11-17(20)21)8-10-16(19)13-4-6-14(18)7-5-13/h4-8,10H,2-3,9,11-12H2,1H3,(H,20,21)/p-1. The van der Waals surface area contributed by atoms with Gasteiger partial charge in [0.15, 0.2) is 0 Å². The van der Waals surface area contributed by atoms with Gasteiger partial charge in [-0.25, -0.2) is 0 Å². The molecule has 0 saturated carbocycles. The van der Waals surface area contributed by atoms with Crippen LogP contribution in [0.3, 0.4) is 0 Å². The molecule has 0 spiro atoms. The van der Waals surface area contributed by atoms with Gasteiger partial charge in [0.25, 0.3) is 0 Å². The molecule has 2 rings (SSSR count). The Morgan fingerprint density at radius 3 is 2.52 bits per heavy atom. The summed E-state index contributed by atoms with van der Waals surface area (Å²) in [5.74, 6) is -0.997. The number of halogens is 1. The van der Waals surface area contributed by atoms with Crippen LogP contribution in [-0.4, -0.2) is 10.5 Å². The summed E-state index contributed by atoms with van der Waals surface area (Å²) in [5, 5.41) is 10.7. The summed E-state index contributed by atoms with van der Waals surface area (Å²) in [7, 11) is 0. The highest BCUT2D eigenvalue weighted by molar-refractivity contribution is 9.10. The molecule has 0 saturated heterocycles. The number of aromatic nitrogens is 1. The van der Waals surface area contributed by atoms with E-state index in [-0.39, 0.29) is 6.42 Å². The van der Waals surface area contributed by atoms with E-state index in [0.29, 0.717) is 6.42 Å². The summed E-state index contributed by atoms with van der Waals surface area (Å²) >= 11 is 3.45. The number of benzene rings is 1. The van der Waals surface area contributed by atoms with Crippen molar-refractivity contribution in [3.8, 4) is 11.3 Å². The van der Waals surface area contributed by atoms with Gasteiger partial charge in [-0.2, -0.15) is 0 Å². The maximum Gasteiger partial charge on any atom is 0.0482 e. The maximum atomic E-state index is 10.7. The second-order valence-corrected chi connectivity index (χ2v) is 6.01. The second kappa shape index (κ2) is 7.46. The molecule has 0 bridgehead atoms. The van der Waals surface area contributed by atoms with Crippen molar-refractivity contribution in [3.63, 3.8) is 0 Å². The van der Waals surface area contributed by atoms with Crippen molar-refractivity contribution in [3.05, 3.63) is 46.6 Å². The van der Waals surface area contributed by atoms with E-state index in [2.05, 4.69) is 45.6 Å². The third-order valence-corrected chi connectivity index (χ3v) is 4.06. The highest BCUT2D eigenvalue weighted by Crippen LogP contribution is 2.25. The molecule has 1 heterocycles. The average molecular weight is 349 g/mol. The van der Waals surface area contributed by atoms with E-state index >= 15 is 0 Å². The van der Waals surface area contributed by atoms with Crippen molar-refractivity contribution in [2.75, 3.05) is 0 Å². The van der Waals surface area contributed by atoms with Crippen molar-refractivity contribution in [1.82, 2.24) is 4.57 Å². The van der Waals surface area contributed by atoms with Crippen LogP contribution in [0.15, 0.2) is 40.9 Å². The molecule has 2 aromatic rings. The minimum absolute atomic E-state index is 0.0654. The lowest BCUT2D eigenvalue weighted by Crippen LogP contribution is -2.23. The van der Waals surface area contributed by atoms with E-state index in [0.717, 1.165) is 40.8 Å². The third-order valence-electron chi connectivity index (χ3n) is 3.53. The van der Waals surface area contributed by atoms with Gasteiger partial charge < -0.3 is 14.5 Å². The Labute approximate surface area is 133 Å². The molecule has 0 amide bonds. The number of hydrogen-bond donors (Lipinski definition) is 0. The average Bonchev–Trinajstić information content (AvgIpc) is 2.86. The number of aliphatic carboxylic acids is 1. The number of hydrogen-bond acceptors (Lipinski definition) is 2. The molecule has 0 unspecified atom stereocenters. The summed E-state index contributed by atoms with van der Waals surface area (Å²) in [5.41, 5.74) is 3.35. The Hall–Kier alpha value is -1.55. The molecule has 0 aliphatic heterocycles. The molecule has 0 radical (unpaired) electrons. The molecular weight excluding hydrogens is 330 g/mol. The molecule has 0 atom stereocenters. The lowest BCUT2D eigenvalue weighted by atomic mass is 10.1. The van der Waals surface area contributed by atoms with Crippen LogP contribution in [0.4, 0.5) is 0 Å². The van der Waals surface area contributed by atoms with Crippen LogP contribution < -0.4 is 5.11 Å². The maximum absolute atomic E-state index is 10.7. The summed E-state index contributed by atoms with van der Waals surface area (Å²) in [4.78, 5) is 10.7. The van der Waals surface area contributed by atoms with Gasteiger partial charge in [-0.3, -0.25) is 0 Å². The van der Waals surface area contributed by atoms with Crippen LogP contribution in [0, 0.1) is 0 Å². The largest absolute Gasteiger partial charge is 0.550 e. The first-order valence-corrected chi connectivity index (χ1v) is 8.05. The number of carboxylic acids is 1. The van der Waals surface area contributed by atoms with E-state index in [1.807, 2.05) is 18.2 Å². The number of nitrogens with zero attached hydrogens (tertiary/aromatic N) is 1. The zero-order chi connectivity index (χ0) is 15.2. The van der Waals surface area contributed by atoms with Gasteiger partial charge >= 0.3 is 0 Å². The molecule has 3 nitrogen and oxygen atoms in total. The van der Waals surface area contributed by atoms with Crippen molar-refractivity contribution >= 4 is 21.9 Å². The number of carbonyl (C=O) groups is 1. The zero-order valence-corrected chi connectivity index (χ0v) is 13.7. The van der Waals surface area contributed by atoms with Gasteiger partial charge in [0, 0.05) is 28.4 Å². The van der Waals surface area contributed by atoms with E-state index in [9.17, 15) is 9.90 Å². The van der Waals surface area contributed by atoms with E-state index in [1.165, 1.54) is 0 Å². The first-order valence-electron chi connectivity index (χ1n) is 7.26. The topological polar surface area (TPSA) is 45.1 Å². The molecule has 0 aliphatic rings. The fourth-order valence-electron chi connectivity index (χ4n) is 2.41. The number of rotatable bonds is 7. The summed E-state index contributed by atoms with van der Waals surface area (Å²) in [6.07, 6.45) is 2.77. The first kappa shape index (κ1) is 15.8. The van der Waals surface area contributed by atoms with E-state index in [1.54, 1.807) is 0 Å². The minimum atomic E-state index is -0.997. The van der Waals surface area contributed by atoms with Gasteiger partial charge in [0.05, 0.1) is 0 Å². The van der Waals surface area contributed by atoms with Crippen LogP contribution in [-0.2, 0) is 17.8 Å². The Bertz CT molecular complexity index is 602. The quantitative estimate of drug-likeness (QED) is 0.769. The van der Waals surface area contributed by atoms with Gasteiger partial charge in [-0.1, -0.05) is 41.4 Å². The third kappa shape index (κ3) is 4.21. The normalized spacial score (nSPS) is 10.8. The second-order valence-electron chi connectivity index (χ2n) is 5.09. The Morgan fingerprint density at radius 2 is 1.90 bits per heavy atom. The van der Waals surface area contributed by atoms with Gasteiger partial charge in [-0.05, 0) is 49.1 Å². The Morgan fingerprint density at radius 1 is 1.19 bits per heavy atom. The van der Waals surface area contributed by atoms with Gasteiger partial charge in [0.1, 0.15) is 0 Å². The molecule has 21 heavy (non-hydrogen) atoms. The Kier molecular flexibility index (Phi) is 5.62. The number of aryl methyl sites for hydroxylation is 1. The Balaban J connectivity index is 2.31. The number of unbranched alkanes of at least 4 members (excludes halogenated alkanes) is 1. The monoisotopic (exact) mass is 348 g/mol. The SMILES string of the molecule is CCCCn1c(CCC(=O)[O-])ccc1-c1ccc(Br)cc1. The summed E-state index contributed by atoms with van der Waals surface area (Å²) < 4.78 is 3.28. The number of carboxylic acid groups (broad SMARTS) is 1. The minimum Gasteiger partial charge on any atom is -0.550 e. The van der Waals surface area contributed by atoms with Crippen molar-refractivity contribution in [1.29, 1.82) is 0 Å². The fourth-order valence-corrected chi connectivity index (χ4v) is 2.68. The fraction of sp³-hybridized carbons (Fsp3) is 0.353. The van der Waals surface area contributed by atoms with E-state index in [4.69, 9.17) is 0 Å². The van der Waals surface area contributed by atoms with Crippen molar-refractivity contribution in [2.24, 2.45) is 0 Å². The summed E-state index contributed by atoms with van der Waals surface area (Å²) in [6, 6.07) is 12.3. The molecular formula is C17H19BrNO2-. The van der Waals surface area contributed by atoms with Crippen LogP contribution in [0.5, 0.6) is 0 Å². The molecule has 0 aliphatic carbocycles. The predicted molar refractivity (Wildman–Crippen MR) is 85.8 cm³/mol. The summed E-state index contributed by atoms with van der Waals surface area (Å²) in [6.45, 7) is 3.07. The molecule has 112 valence electrons. The van der Waals surface area contributed by atoms with Gasteiger partial charge in [-0.15, -0.1) is 0 Å². The molecule has 1 aromatic carbocycles. The predicted octanol–water partition coefficient (Wildman–Crippen LogP) is 3.40. The molecule has 0 N–H and O–H groups in total. The van der Waals surface area contributed by atoms with Crippen LogP contribution in [0.1, 0.15) is 31.9 Å². The number of carbonyl (C=O) groups excluding carboxylic acids is 1. The molecule has 4 heteroatoms. The molecule has 1 aromatic heterocycles. The van der Waals surface area contributed by atoms with Crippen molar-refractivity contribution < 1.29 is 9.90 Å². The lowest BCUT2D eigenvalue weighted by Gasteiger charge is -2.14. The smallest absolute Gasteiger partial charge is 0.0482 e.